The van der Waals surface area contributed by atoms with Crippen LogP contribution >= 0.6 is 0 Å². The van der Waals surface area contributed by atoms with Crippen LogP contribution in [0.1, 0.15) is 18.2 Å². The van der Waals surface area contributed by atoms with Crippen LogP contribution in [0.25, 0.3) is 0 Å². The van der Waals surface area contributed by atoms with Crippen LogP contribution in [0.5, 0.6) is 0 Å². The van der Waals surface area contributed by atoms with Gasteiger partial charge in [-0.05, 0) is 6.92 Å². The van der Waals surface area contributed by atoms with E-state index in [0.29, 0.717) is 18.5 Å². The number of aromatic nitrogens is 2. The molecule has 0 aromatic carbocycles. The molecule has 1 aromatic rings. The molecule has 5 N–H and O–H groups in total. The molecule has 1 aliphatic rings. The molecule has 17 heavy (non-hydrogen) atoms. The van der Waals surface area contributed by atoms with E-state index in [0.717, 1.165) is 0 Å². The van der Waals surface area contributed by atoms with Crippen molar-refractivity contribution < 1.29 is 15.6 Å². The molecule has 0 spiro atoms. The number of aromatic amines is 1. The zero-order valence-electron chi connectivity index (χ0n) is 9.55. The van der Waals surface area contributed by atoms with E-state index in [1.807, 2.05) is 0 Å². The van der Waals surface area contributed by atoms with Gasteiger partial charge < -0.3 is 15.6 Å². The highest BCUT2D eigenvalue weighted by atomic mass is 16.5. The minimum Gasteiger partial charge on any atom is -0.390 e. The summed E-state index contributed by atoms with van der Waals surface area (Å²) >= 11 is 0. The fourth-order valence-corrected chi connectivity index (χ4v) is 1.95. The van der Waals surface area contributed by atoms with Gasteiger partial charge in [0.2, 0.25) is 0 Å². The molecular weight excluding hydrogens is 226 g/mol. The lowest BCUT2D eigenvalue weighted by Crippen LogP contribution is -2.57. The molecule has 1 aromatic heterocycles. The van der Waals surface area contributed by atoms with Gasteiger partial charge in [0, 0.05) is 18.2 Å². The second-order valence-electron chi connectivity index (χ2n) is 4.20. The molecule has 0 bridgehead atoms. The van der Waals surface area contributed by atoms with Crippen molar-refractivity contribution >= 4 is 0 Å². The van der Waals surface area contributed by atoms with Crippen LogP contribution in [0.4, 0.5) is 0 Å². The number of hydrogen-bond acceptors (Lipinski definition) is 4. The summed E-state index contributed by atoms with van der Waals surface area (Å²) in [4.78, 5) is 25.0. The predicted octanol–water partition coefficient (Wildman–Crippen LogP) is -2.26. The van der Waals surface area contributed by atoms with Gasteiger partial charge in [0.15, 0.2) is 0 Å². The van der Waals surface area contributed by atoms with Crippen LogP contribution in [0, 0.1) is 6.92 Å². The largest absolute Gasteiger partial charge is 0.390 e. The number of quaternary nitrogens is 1. The maximum absolute atomic E-state index is 11.6. The minimum atomic E-state index is -0.628. The van der Waals surface area contributed by atoms with Gasteiger partial charge >= 0.3 is 5.69 Å². The zero-order valence-corrected chi connectivity index (χ0v) is 9.55. The molecule has 0 radical (unpaired) electrons. The number of aryl methyl sites for hydroxylation is 1. The first-order valence-corrected chi connectivity index (χ1v) is 5.47. The Balaban J connectivity index is 2.34. The Hall–Kier alpha value is -1.44. The summed E-state index contributed by atoms with van der Waals surface area (Å²) in [5.41, 5.74) is 3.17. The van der Waals surface area contributed by atoms with Crippen molar-refractivity contribution in [1.82, 2.24) is 9.55 Å². The summed E-state index contributed by atoms with van der Waals surface area (Å²) in [6.07, 6.45) is 0.242. The van der Waals surface area contributed by atoms with Gasteiger partial charge in [0.25, 0.3) is 5.56 Å². The summed E-state index contributed by atoms with van der Waals surface area (Å²) in [6.45, 7) is 2.05. The number of rotatable bonds is 2. The van der Waals surface area contributed by atoms with E-state index in [2.05, 4.69) is 10.7 Å². The number of hydrogen-bond donors (Lipinski definition) is 3. The topological polar surface area (TPSA) is 112 Å². The number of ether oxygens (including phenoxy) is 1. The van der Waals surface area contributed by atoms with Crippen molar-refractivity contribution in [2.45, 2.75) is 31.8 Å². The monoisotopic (exact) mass is 242 g/mol. The maximum Gasteiger partial charge on any atom is 0.330 e. The summed E-state index contributed by atoms with van der Waals surface area (Å²) in [6, 6.07) is 0. The summed E-state index contributed by atoms with van der Waals surface area (Å²) in [7, 11) is 0. The highest BCUT2D eigenvalue weighted by molar-refractivity contribution is 5.01. The lowest BCUT2D eigenvalue weighted by molar-refractivity contribution is -0.389. The average molecular weight is 242 g/mol. The molecule has 1 fully saturated rings. The van der Waals surface area contributed by atoms with Crippen LogP contribution in [0.15, 0.2) is 15.8 Å². The van der Waals surface area contributed by atoms with E-state index in [1.165, 1.54) is 10.8 Å². The third-order valence-electron chi connectivity index (χ3n) is 2.94. The molecular formula is C10H16N3O4+. The smallest absolute Gasteiger partial charge is 0.330 e. The zero-order chi connectivity index (χ0) is 12.6. The van der Waals surface area contributed by atoms with Crippen molar-refractivity contribution in [2.75, 3.05) is 6.54 Å². The number of aliphatic hydroxyl groups is 1. The second kappa shape index (κ2) is 4.44. The Morgan fingerprint density at radius 1 is 1.65 bits per heavy atom. The van der Waals surface area contributed by atoms with Crippen LogP contribution in [0.3, 0.4) is 0 Å². The van der Waals surface area contributed by atoms with Crippen LogP contribution < -0.4 is 17.0 Å². The predicted molar refractivity (Wildman–Crippen MR) is 58.3 cm³/mol. The lowest BCUT2D eigenvalue weighted by Gasteiger charge is -2.14. The van der Waals surface area contributed by atoms with Crippen molar-refractivity contribution in [2.24, 2.45) is 0 Å². The fourth-order valence-electron chi connectivity index (χ4n) is 1.95. The number of aliphatic hydroxyl groups excluding tert-OH is 1. The Labute approximate surface area is 96.8 Å². The summed E-state index contributed by atoms with van der Waals surface area (Å²) in [5.74, 6) is 0. The fraction of sp³-hybridized carbons (Fsp3) is 0.600. The number of H-pyrrole nitrogens is 1. The van der Waals surface area contributed by atoms with E-state index in [1.54, 1.807) is 6.92 Å². The molecule has 2 rings (SSSR count). The van der Waals surface area contributed by atoms with Gasteiger partial charge in [-0.3, -0.25) is 14.3 Å². The highest BCUT2D eigenvalue weighted by Gasteiger charge is 2.35. The Morgan fingerprint density at radius 3 is 2.94 bits per heavy atom. The standard InChI is InChI=1S/C10H15N3O4/c1-5-4-13(10(16)12-9(5)15)8-2-6(14)7(3-11)17-8/h4,6-8,14H,2-3,11H2,1H3,(H,12,15,16)/p+1/t6-,7+,8+/m1/s1. The van der Waals surface area contributed by atoms with Crippen LogP contribution in [-0.4, -0.2) is 33.4 Å². The van der Waals surface area contributed by atoms with E-state index < -0.39 is 23.6 Å². The van der Waals surface area contributed by atoms with E-state index in [-0.39, 0.29) is 6.10 Å². The van der Waals surface area contributed by atoms with Gasteiger partial charge in [-0.2, -0.15) is 0 Å². The molecule has 0 saturated carbocycles. The van der Waals surface area contributed by atoms with Crippen LogP contribution in [0.2, 0.25) is 0 Å². The van der Waals surface area contributed by atoms with E-state index in [4.69, 9.17) is 4.74 Å². The van der Waals surface area contributed by atoms with Crippen molar-refractivity contribution in [3.05, 3.63) is 32.6 Å². The Bertz CT molecular complexity index is 521. The van der Waals surface area contributed by atoms with Crippen molar-refractivity contribution in [1.29, 1.82) is 0 Å². The molecule has 0 unspecified atom stereocenters. The van der Waals surface area contributed by atoms with Crippen molar-refractivity contribution in [3.8, 4) is 0 Å². The number of nitrogens with zero attached hydrogens (tertiary/aromatic N) is 1. The Morgan fingerprint density at radius 2 is 2.35 bits per heavy atom. The molecule has 3 atom stereocenters. The molecule has 1 saturated heterocycles. The minimum absolute atomic E-state index is 0.325. The van der Waals surface area contributed by atoms with Gasteiger partial charge in [-0.15, -0.1) is 0 Å². The quantitative estimate of drug-likeness (QED) is 0.543. The third-order valence-corrected chi connectivity index (χ3v) is 2.94. The first-order valence-electron chi connectivity index (χ1n) is 5.47. The van der Waals surface area contributed by atoms with E-state index >= 15 is 0 Å². The van der Waals surface area contributed by atoms with Crippen molar-refractivity contribution in [3.63, 3.8) is 0 Å². The lowest BCUT2D eigenvalue weighted by atomic mass is 10.2. The molecule has 1 aliphatic heterocycles. The van der Waals surface area contributed by atoms with Gasteiger partial charge in [0.1, 0.15) is 18.9 Å². The number of nitrogens with one attached hydrogen (secondary N) is 1. The summed E-state index contributed by atoms with van der Waals surface area (Å²) < 4.78 is 6.81. The summed E-state index contributed by atoms with van der Waals surface area (Å²) in [5, 5.41) is 9.68. The molecule has 2 heterocycles. The molecule has 0 amide bonds. The van der Waals surface area contributed by atoms with Gasteiger partial charge in [0.05, 0.1) is 6.10 Å². The third kappa shape index (κ3) is 2.17. The SMILES string of the molecule is Cc1cn([C@@H]2C[C@@H](O)[C@H](C[NH3+])O2)c(=O)[nH]c1=O. The highest BCUT2D eigenvalue weighted by Crippen LogP contribution is 2.26. The first-order chi connectivity index (χ1) is 8.02. The molecule has 7 nitrogen and oxygen atoms in total. The average Bonchev–Trinajstić information content (AvgIpc) is 2.65. The van der Waals surface area contributed by atoms with E-state index in [9.17, 15) is 14.7 Å². The maximum atomic E-state index is 11.6. The second-order valence-corrected chi connectivity index (χ2v) is 4.20. The molecule has 94 valence electrons. The normalized spacial score (nSPS) is 28.5. The van der Waals surface area contributed by atoms with Gasteiger partial charge in [-0.25, -0.2) is 4.79 Å². The first kappa shape index (κ1) is 12.0. The van der Waals surface area contributed by atoms with Gasteiger partial charge in [-0.1, -0.05) is 0 Å². The molecule has 0 aliphatic carbocycles. The van der Waals surface area contributed by atoms with Crippen LogP contribution in [-0.2, 0) is 4.74 Å². The molecule has 7 heteroatoms. The Kier molecular flexibility index (Phi) is 3.14.